The molecule has 1 aliphatic heterocycles. The van der Waals surface area contributed by atoms with E-state index in [0.29, 0.717) is 0 Å². The number of benzene rings is 2. The first-order valence-electron chi connectivity index (χ1n) is 7.46. The maximum atomic E-state index is 5.43. The van der Waals surface area contributed by atoms with Crippen molar-refractivity contribution in [1.29, 1.82) is 0 Å². The molecule has 124 valence electrons. The van der Waals surface area contributed by atoms with Gasteiger partial charge in [-0.1, -0.05) is 29.5 Å². The second-order valence-electron chi connectivity index (χ2n) is 5.22. The summed E-state index contributed by atoms with van der Waals surface area (Å²) in [7, 11) is 3.30. The fourth-order valence-corrected chi connectivity index (χ4v) is 2.92. The first kappa shape index (κ1) is 16.3. The number of hydrogen-bond donors (Lipinski definition) is 2. The van der Waals surface area contributed by atoms with Gasteiger partial charge in [0.25, 0.3) is 0 Å². The van der Waals surface area contributed by atoms with Crippen LogP contribution >= 0.6 is 11.8 Å². The van der Waals surface area contributed by atoms with E-state index in [1.54, 1.807) is 14.2 Å². The summed E-state index contributed by atoms with van der Waals surface area (Å²) in [4.78, 5) is 4.57. The second-order valence-corrected chi connectivity index (χ2v) is 6.08. The lowest BCUT2D eigenvalue weighted by Crippen LogP contribution is -2.36. The highest BCUT2D eigenvalue weighted by Crippen LogP contribution is 2.31. The molecule has 0 atom stereocenters. The molecule has 24 heavy (non-hydrogen) atoms. The van der Waals surface area contributed by atoms with Crippen molar-refractivity contribution in [2.75, 3.05) is 14.2 Å². The van der Waals surface area contributed by atoms with E-state index in [2.05, 4.69) is 22.8 Å². The number of aliphatic imine (C=N–C) groups is 1. The highest BCUT2D eigenvalue weighted by molar-refractivity contribution is 8.16. The van der Waals surface area contributed by atoms with E-state index < -0.39 is 0 Å². The third kappa shape index (κ3) is 3.65. The molecule has 1 heterocycles. The molecule has 2 aromatic rings. The summed E-state index contributed by atoms with van der Waals surface area (Å²) < 4.78 is 10.7. The lowest BCUT2D eigenvalue weighted by molar-refractivity contribution is 0.401. The summed E-state index contributed by atoms with van der Waals surface area (Å²) >= 11 is 1.52. The zero-order chi connectivity index (χ0) is 16.9. The van der Waals surface area contributed by atoms with Crippen LogP contribution in [0.1, 0.15) is 11.1 Å². The molecule has 0 saturated carbocycles. The maximum Gasteiger partial charge on any atom is 0.184 e. The molecule has 3 rings (SSSR count). The summed E-state index contributed by atoms with van der Waals surface area (Å²) in [5, 5.41) is 2.78. The van der Waals surface area contributed by atoms with Gasteiger partial charge in [0, 0.05) is 11.0 Å². The molecule has 0 aliphatic carbocycles. The Morgan fingerprint density at radius 3 is 2.38 bits per heavy atom. The van der Waals surface area contributed by atoms with Gasteiger partial charge >= 0.3 is 0 Å². The monoisotopic (exact) mass is 341 g/mol. The number of aryl methyl sites for hydroxylation is 1. The van der Waals surface area contributed by atoms with Gasteiger partial charge in [-0.05, 0) is 37.3 Å². The normalized spacial score (nSPS) is 15.3. The van der Waals surface area contributed by atoms with Gasteiger partial charge in [0.1, 0.15) is 11.5 Å². The Kier molecular flexibility index (Phi) is 4.96. The first-order chi connectivity index (χ1) is 11.7. The Bertz CT molecular complexity index is 785. The number of hydrazine groups is 1. The van der Waals surface area contributed by atoms with Gasteiger partial charge in [0.05, 0.1) is 25.6 Å². The third-order valence-corrected chi connectivity index (χ3v) is 4.32. The zero-order valence-corrected chi connectivity index (χ0v) is 14.6. The fraction of sp³-hybridized carbons (Fsp3) is 0.167. The molecular formula is C18H19N3O2S. The Labute approximate surface area is 145 Å². The molecule has 1 aliphatic rings. The lowest BCUT2D eigenvalue weighted by Gasteiger charge is -2.20. The molecule has 5 nitrogen and oxygen atoms in total. The van der Waals surface area contributed by atoms with Crippen molar-refractivity contribution in [2.45, 2.75) is 6.92 Å². The summed E-state index contributed by atoms with van der Waals surface area (Å²) in [6.45, 7) is 2.06. The largest absolute Gasteiger partial charge is 0.497 e. The highest BCUT2D eigenvalue weighted by atomic mass is 32.2. The Morgan fingerprint density at radius 2 is 1.75 bits per heavy atom. The number of nitrogens with one attached hydrogen (secondary N) is 2. The number of ether oxygens (including phenoxy) is 2. The van der Waals surface area contributed by atoms with Crippen LogP contribution in [0.2, 0.25) is 0 Å². The van der Waals surface area contributed by atoms with Crippen LogP contribution in [0.25, 0.3) is 5.70 Å². The highest BCUT2D eigenvalue weighted by Gasteiger charge is 2.15. The van der Waals surface area contributed by atoms with Crippen LogP contribution in [0.5, 0.6) is 11.5 Å². The van der Waals surface area contributed by atoms with Gasteiger partial charge in [-0.15, -0.1) is 0 Å². The van der Waals surface area contributed by atoms with E-state index >= 15 is 0 Å². The molecular weight excluding hydrogens is 322 g/mol. The number of amidine groups is 1. The molecule has 0 bridgehead atoms. The minimum absolute atomic E-state index is 0.774. The Hall–Kier alpha value is -2.60. The molecule has 0 aromatic heterocycles. The molecule has 0 radical (unpaired) electrons. The molecule has 2 N–H and O–H groups in total. The standard InChI is InChI=1S/C18H19N3O2S/c1-12-4-6-13(7-5-12)19-18-21-20-16(11-24-18)15-10-14(22-2)8-9-17(15)23-3/h4-11,20H,1-3H3,(H,19,21). The van der Waals surface area contributed by atoms with Crippen LogP contribution in [0.3, 0.4) is 0 Å². The Balaban J connectivity index is 1.81. The number of methoxy groups -OCH3 is 2. The number of hydrogen-bond acceptors (Lipinski definition) is 5. The molecule has 0 saturated heterocycles. The predicted octanol–water partition coefficient (Wildman–Crippen LogP) is 3.84. The summed E-state index contributed by atoms with van der Waals surface area (Å²) in [5.74, 6) is 1.55. The Morgan fingerprint density at radius 1 is 0.958 bits per heavy atom. The smallest absolute Gasteiger partial charge is 0.184 e. The van der Waals surface area contributed by atoms with Crippen molar-refractivity contribution >= 4 is 28.3 Å². The zero-order valence-electron chi connectivity index (χ0n) is 13.8. The minimum Gasteiger partial charge on any atom is -0.497 e. The van der Waals surface area contributed by atoms with E-state index in [9.17, 15) is 0 Å². The van der Waals surface area contributed by atoms with Crippen LogP contribution in [-0.4, -0.2) is 19.4 Å². The average Bonchev–Trinajstić information content (AvgIpc) is 2.64. The van der Waals surface area contributed by atoms with Crippen LogP contribution in [0.15, 0.2) is 52.9 Å². The van der Waals surface area contributed by atoms with Crippen LogP contribution in [-0.2, 0) is 0 Å². The molecule has 6 heteroatoms. The van der Waals surface area contributed by atoms with E-state index in [4.69, 9.17) is 9.47 Å². The molecule has 0 spiro atoms. The SMILES string of the molecule is COc1ccc(OC)c(C2=CSC(=Nc3ccc(C)cc3)NN2)c1. The van der Waals surface area contributed by atoms with Crippen LogP contribution < -0.4 is 20.3 Å². The quantitative estimate of drug-likeness (QED) is 0.885. The van der Waals surface area contributed by atoms with Gasteiger partial charge in [-0.25, -0.2) is 4.99 Å². The summed E-state index contributed by atoms with van der Waals surface area (Å²) in [5.41, 5.74) is 10.2. The van der Waals surface area contributed by atoms with Crippen molar-refractivity contribution in [3.8, 4) is 11.5 Å². The second kappa shape index (κ2) is 7.31. The van der Waals surface area contributed by atoms with Gasteiger partial charge in [0.2, 0.25) is 0 Å². The number of thioether (sulfide) groups is 1. The van der Waals surface area contributed by atoms with E-state index in [-0.39, 0.29) is 0 Å². The van der Waals surface area contributed by atoms with Gasteiger partial charge in [-0.2, -0.15) is 0 Å². The fourth-order valence-electron chi connectivity index (χ4n) is 2.24. The minimum atomic E-state index is 0.774. The van der Waals surface area contributed by atoms with E-state index in [1.807, 2.05) is 47.9 Å². The van der Waals surface area contributed by atoms with Gasteiger partial charge in [-0.3, -0.25) is 10.9 Å². The molecule has 0 fully saturated rings. The third-order valence-electron chi connectivity index (χ3n) is 3.55. The summed E-state index contributed by atoms with van der Waals surface area (Å²) in [6.07, 6.45) is 0. The van der Waals surface area contributed by atoms with E-state index in [0.717, 1.165) is 33.6 Å². The van der Waals surface area contributed by atoms with Crippen molar-refractivity contribution in [3.63, 3.8) is 0 Å². The summed E-state index contributed by atoms with van der Waals surface area (Å²) in [6, 6.07) is 13.8. The van der Waals surface area contributed by atoms with Crippen LogP contribution in [0, 0.1) is 6.92 Å². The molecule has 0 amide bonds. The molecule has 2 aromatic carbocycles. The topological polar surface area (TPSA) is 54.9 Å². The van der Waals surface area contributed by atoms with Crippen LogP contribution in [0.4, 0.5) is 5.69 Å². The van der Waals surface area contributed by atoms with E-state index in [1.165, 1.54) is 17.3 Å². The van der Waals surface area contributed by atoms with Gasteiger partial charge in [0.15, 0.2) is 5.17 Å². The van der Waals surface area contributed by atoms with Crippen molar-refractivity contribution < 1.29 is 9.47 Å². The van der Waals surface area contributed by atoms with Gasteiger partial charge < -0.3 is 9.47 Å². The maximum absolute atomic E-state index is 5.43. The number of rotatable bonds is 4. The first-order valence-corrected chi connectivity index (χ1v) is 8.34. The molecule has 0 unspecified atom stereocenters. The lowest BCUT2D eigenvalue weighted by atomic mass is 10.1. The number of nitrogens with zero attached hydrogens (tertiary/aromatic N) is 1. The van der Waals surface area contributed by atoms with Crippen molar-refractivity contribution in [3.05, 3.63) is 59.0 Å². The van der Waals surface area contributed by atoms with Crippen molar-refractivity contribution in [1.82, 2.24) is 10.9 Å². The average molecular weight is 341 g/mol. The predicted molar refractivity (Wildman–Crippen MR) is 99.7 cm³/mol. The van der Waals surface area contributed by atoms with Crippen molar-refractivity contribution in [2.24, 2.45) is 4.99 Å².